The minimum absolute atomic E-state index is 0.177. The highest BCUT2D eigenvalue weighted by Crippen LogP contribution is 2.18. The monoisotopic (exact) mass is 309 g/mol. The fourth-order valence-corrected chi connectivity index (χ4v) is 2.24. The zero-order chi connectivity index (χ0) is 16.4. The third-order valence-corrected chi connectivity index (χ3v) is 3.49. The largest absolute Gasteiger partial charge is 0.450 e. The van der Waals surface area contributed by atoms with Gasteiger partial charge in [0.1, 0.15) is 11.3 Å². The van der Waals surface area contributed by atoms with Gasteiger partial charge in [0.15, 0.2) is 6.10 Å². The fourth-order valence-electron chi connectivity index (χ4n) is 2.24. The smallest absolute Gasteiger partial charge is 0.357 e. The number of carbonyl (C=O) groups excluding carboxylic acids is 2. The van der Waals surface area contributed by atoms with Crippen LogP contribution in [0.1, 0.15) is 33.3 Å². The van der Waals surface area contributed by atoms with Crippen molar-refractivity contribution in [2.45, 2.75) is 20.0 Å². The molecule has 6 heteroatoms. The van der Waals surface area contributed by atoms with Crippen LogP contribution in [0.2, 0.25) is 0 Å². The summed E-state index contributed by atoms with van der Waals surface area (Å²) in [7, 11) is 0. The predicted octanol–water partition coefficient (Wildman–Crippen LogP) is 2.69. The van der Waals surface area contributed by atoms with E-state index in [1.807, 2.05) is 6.92 Å². The maximum atomic E-state index is 12.5. The van der Waals surface area contributed by atoms with E-state index >= 15 is 0 Å². The quantitative estimate of drug-likeness (QED) is 0.591. The Hall–Kier alpha value is -3.02. The number of ketones is 1. The maximum Gasteiger partial charge on any atom is 0.357 e. The maximum absolute atomic E-state index is 12.5. The van der Waals surface area contributed by atoms with E-state index in [1.165, 1.54) is 0 Å². The van der Waals surface area contributed by atoms with Crippen molar-refractivity contribution < 1.29 is 14.3 Å². The van der Waals surface area contributed by atoms with Crippen LogP contribution in [-0.4, -0.2) is 32.8 Å². The Morgan fingerprint density at radius 1 is 1.22 bits per heavy atom. The number of Topliss-reactive ketones (excluding diaryl/α,β-unsaturated/α-hetero) is 1. The Morgan fingerprint density at radius 3 is 2.78 bits per heavy atom. The lowest BCUT2D eigenvalue weighted by molar-refractivity contribution is 0.0313. The van der Waals surface area contributed by atoms with Crippen LogP contribution in [0.15, 0.2) is 42.9 Å². The molecule has 0 spiro atoms. The first-order valence-electron chi connectivity index (χ1n) is 7.16. The van der Waals surface area contributed by atoms with E-state index in [1.54, 1.807) is 49.8 Å². The standard InChI is InChI=1S/C17H15N3O3/c1-10-5-6-14(19-8-10)17(22)23-11(2)15(21)13-9-20-16-12(13)4-3-7-18-16/h3-9,11H,1-2H3,(H,18,20). The van der Waals surface area contributed by atoms with Gasteiger partial charge in [0.25, 0.3) is 0 Å². The number of fused-ring (bicyclic) bond motifs is 1. The van der Waals surface area contributed by atoms with Gasteiger partial charge in [-0.15, -0.1) is 0 Å². The lowest BCUT2D eigenvalue weighted by Gasteiger charge is -2.11. The van der Waals surface area contributed by atoms with Gasteiger partial charge in [-0.3, -0.25) is 4.79 Å². The molecule has 1 N–H and O–H groups in total. The number of aryl methyl sites for hydroxylation is 1. The van der Waals surface area contributed by atoms with E-state index < -0.39 is 12.1 Å². The van der Waals surface area contributed by atoms with E-state index in [2.05, 4.69) is 15.0 Å². The summed E-state index contributed by atoms with van der Waals surface area (Å²) in [5, 5.41) is 0.703. The van der Waals surface area contributed by atoms with Gasteiger partial charge in [0.2, 0.25) is 5.78 Å². The molecule has 6 nitrogen and oxygen atoms in total. The third kappa shape index (κ3) is 2.96. The van der Waals surface area contributed by atoms with Crippen LogP contribution >= 0.6 is 0 Å². The number of aromatic nitrogens is 3. The average molecular weight is 309 g/mol. The SMILES string of the molecule is Cc1ccc(C(=O)OC(C)C(=O)c2c[nH]c3ncccc23)nc1. The summed E-state index contributed by atoms with van der Waals surface area (Å²) in [5.41, 5.74) is 2.19. The van der Waals surface area contributed by atoms with Gasteiger partial charge in [0.05, 0.1) is 0 Å². The summed E-state index contributed by atoms with van der Waals surface area (Å²) >= 11 is 0. The number of hydrogen-bond acceptors (Lipinski definition) is 5. The highest BCUT2D eigenvalue weighted by molar-refractivity contribution is 6.09. The number of rotatable bonds is 4. The molecule has 3 aromatic rings. The molecule has 3 aromatic heterocycles. The van der Waals surface area contributed by atoms with Crippen molar-refractivity contribution in [3.63, 3.8) is 0 Å². The summed E-state index contributed by atoms with van der Waals surface area (Å²) in [6, 6.07) is 6.88. The zero-order valence-corrected chi connectivity index (χ0v) is 12.7. The second kappa shape index (κ2) is 6.00. The molecular formula is C17H15N3O3. The van der Waals surface area contributed by atoms with Crippen LogP contribution in [0.25, 0.3) is 11.0 Å². The lowest BCUT2D eigenvalue weighted by Crippen LogP contribution is -2.24. The molecule has 0 saturated heterocycles. The number of esters is 1. The van der Waals surface area contributed by atoms with E-state index in [0.717, 1.165) is 5.56 Å². The van der Waals surface area contributed by atoms with Gasteiger partial charge in [-0.1, -0.05) is 6.07 Å². The molecule has 1 atom stereocenters. The molecule has 116 valence electrons. The molecule has 0 aliphatic carbocycles. The van der Waals surface area contributed by atoms with Crippen LogP contribution in [0.3, 0.4) is 0 Å². The van der Waals surface area contributed by atoms with E-state index in [0.29, 0.717) is 16.6 Å². The van der Waals surface area contributed by atoms with Crippen molar-refractivity contribution in [2.24, 2.45) is 0 Å². The van der Waals surface area contributed by atoms with E-state index in [-0.39, 0.29) is 11.5 Å². The molecule has 0 amide bonds. The number of pyridine rings is 2. The van der Waals surface area contributed by atoms with Crippen LogP contribution in [0.4, 0.5) is 0 Å². The second-order valence-corrected chi connectivity index (χ2v) is 5.23. The van der Waals surface area contributed by atoms with Crippen LogP contribution < -0.4 is 0 Å². The third-order valence-electron chi connectivity index (χ3n) is 3.49. The molecule has 0 aromatic carbocycles. The second-order valence-electron chi connectivity index (χ2n) is 5.23. The highest BCUT2D eigenvalue weighted by atomic mass is 16.5. The topological polar surface area (TPSA) is 84.9 Å². The zero-order valence-electron chi connectivity index (χ0n) is 12.7. The van der Waals surface area contributed by atoms with Gasteiger partial charge < -0.3 is 9.72 Å². The van der Waals surface area contributed by atoms with Gasteiger partial charge in [-0.2, -0.15) is 0 Å². The van der Waals surface area contributed by atoms with Crippen molar-refractivity contribution in [1.82, 2.24) is 15.0 Å². The Kier molecular flexibility index (Phi) is 3.89. The summed E-state index contributed by atoms with van der Waals surface area (Å²) in [6.45, 7) is 3.42. The van der Waals surface area contributed by atoms with Crippen molar-refractivity contribution in [3.8, 4) is 0 Å². The Morgan fingerprint density at radius 2 is 2.04 bits per heavy atom. The lowest BCUT2D eigenvalue weighted by atomic mass is 10.1. The first kappa shape index (κ1) is 14.9. The van der Waals surface area contributed by atoms with Crippen molar-refractivity contribution >= 4 is 22.8 Å². The molecular weight excluding hydrogens is 294 g/mol. The minimum atomic E-state index is -0.912. The van der Waals surface area contributed by atoms with Crippen molar-refractivity contribution in [2.75, 3.05) is 0 Å². The Bertz CT molecular complexity index is 868. The number of nitrogens with one attached hydrogen (secondary N) is 1. The molecule has 3 rings (SSSR count). The van der Waals surface area contributed by atoms with Crippen LogP contribution in [0.5, 0.6) is 0 Å². The number of ether oxygens (including phenoxy) is 1. The highest BCUT2D eigenvalue weighted by Gasteiger charge is 2.23. The molecule has 0 radical (unpaired) electrons. The predicted molar refractivity (Wildman–Crippen MR) is 84.3 cm³/mol. The molecule has 3 heterocycles. The van der Waals surface area contributed by atoms with Crippen molar-refractivity contribution in [3.05, 3.63) is 59.7 Å². The fraction of sp³-hybridized carbons (Fsp3) is 0.176. The first-order valence-corrected chi connectivity index (χ1v) is 7.16. The van der Waals surface area contributed by atoms with Gasteiger partial charge in [0, 0.05) is 29.5 Å². The Balaban J connectivity index is 1.77. The number of hydrogen-bond donors (Lipinski definition) is 1. The first-order chi connectivity index (χ1) is 11.1. The number of carbonyl (C=O) groups is 2. The number of H-pyrrole nitrogens is 1. The number of aromatic amines is 1. The van der Waals surface area contributed by atoms with Crippen LogP contribution in [-0.2, 0) is 4.74 Å². The van der Waals surface area contributed by atoms with Gasteiger partial charge in [-0.25, -0.2) is 14.8 Å². The molecule has 0 saturated carbocycles. The minimum Gasteiger partial charge on any atom is -0.450 e. The number of nitrogens with zero attached hydrogens (tertiary/aromatic N) is 2. The van der Waals surface area contributed by atoms with Gasteiger partial charge >= 0.3 is 5.97 Å². The van der Waals surface area contributed by atoms with E-state index in [4.69, 9.17) is 4.74 Å². The Labute approximate surface area is 132 Å². The van der Waals surface area contributed by atoms with Crippen LogP contribution in [0, 0.1) is 6.92 Å². The summed E-state index contributed by atoms with van der Waals surface area (Å²) < 4.78 is 5.23. The molecule has 23 heavy (non-hydrogen) atoms. The molecule has 0 bridgehead atoms. The molecule has 0 aliphatic heterocycles. The molecule has 1 unspecified atom stereocenters. The summed E-state index contributed by atoms with van der Waals surface area (Å²) in [4.78, 5) is 35.6. The van der Waals surface area contributed by atoms with Gasteiger partial charge in [-0.05, 0) is 37.6 Å². The normalized spacial score (nSPS) is 12.1. The van der Waals surface area contributed by atoms with Crippen molar-refractivity contribution in [1.29, 1.82) is 0 Å². The molecule has 0 aliphatic rings. The summed E-state index contributed by atoms with van der Waals surface area (Å²) in [6.07, 6.45) is 3.88. The van der Waals surface area contributed by atoms with E-state index in [9.17, 15) is 9.59 Å². The average Bonchev–Trinajstić information content (AvgIpc) is 2.98. The summed E-state index contributed by atoms with van der Waals surface area (Å²) in [5.74, 6) is -0.909. The molecule has 0 fully saturated rings.